The molecule has 1 N–H and O–H groups in total. The minimum absolute atomic E-state index is 0.0609. The lowest BCUT2D eigenvalue weighted by Gasteiger charge is -2.45. The van der Waals surface area contributed by atoms with E-state index in [1.54, 1.807) is 0 Å². The summed E-state index contributed by atoms with van der Waals surface area (Å²) in [6.45, 7) is 10.8. The van der Waals surface area contributed by atoms with Crippen molar-refractivity contribution in [3.8, 4) is 0 Å². The van der Waals surface area contributed by atoms with E-state index in [0.29, 0.717) is 5.92 Å². The van der Waals surface area contributed by atoms with Gasteiger partial charge in [-0.25, -0.2) is 0 Å². The van der Waals surface area contributed by atoms with Gasteiger partial charge in [0.2, 0.25) is 0 Å². The summed E-state index contributed by atoms with van der Waals surface area (Å²) in [5.74, 6) is 0.340. The van der Waals surface area contributed by atoms with E-state index in [4.69, 9.17) is 0 Å². The van der Waals surface area contributed by atoms with Gasteiger partial charge in [0, 0.05) is 5.54 Å². The fraction of sp³-hybridized carbons (Fsp3) is 1.00. The average molecular weight is 199 g/mol. The van der Waals surface area contributed by atoms with Crippen LogP contribution in [0.15, 0.2) is 0 Å². The second kappa shape index (κ2) is 4.63. The van der Waals surface area contributed by atoms with Gasteiger partial charge < -0.3 is 5.11 Å². The number of likely N-dealkylation sites (tertiary alicyclic amines) is 1. The molecular weight excluding hydrogens is 174 g/mol. The molecule has 2 heteroatoms. The lowest BCUT2D eigenvalue weighted by Crippen LogP contribution is -2.55. The minimum Gasteiger partial charge on any atom is -0.391 e. The van der Waals surface area contributed by atoms with Crippen molar-refractivity contribution in [3.05, 3.63) is 0 Å². The number of aliphatic hydroxyl groups is 1. The van der Waals surface area contributed by atoms with Crippen molar-refractivity contribution < 1.29 is 5.11 Å². The van der Waals surface area contributed by atoms with E-state index in [1.165, 1.54) is 19.3 Å². The number of nitrogens with zero attached hydrogens (tertiary/aromatic N) is 1. The van der Waals surface area contributed by atoms with E-state index < -0.39 is 0 Å². The van der Waals surface area contributed by atoms with E-state index >= 15 is 0 Å². The maximum absolute atomic E-state index is 10.2. The van der Waals surface area contributed by atoms with Crippen molar-refractivity contribution in [2.45, 2.75) is 58.6 Å². The Balaban J connectivity index is 2.61. The highest BCUT2D eigenvalue weighted by Gasteiger charge is 2.36. The number of hydrogen-bond donors (Lipinski definition) is 1. The summed E-state index contributed by atoms with van der Waals surface area (Å²) in [4.78, 5) is 2.45. The third-order valence-electron chi connectivity index (χ3n) is 3.53. The molecule has 0 amide bonds. The molecule has 84 valence electrons. The summed E-state index contributed by atoms with van der Waals surface area (Å²) in [7, 11) is 0. The Morgan fingerprint density at radius 3 is 2.00 bits per heavy atom. The second-order valence-electron chi connectivity index (χ2n) is 5.39. The van der Waals surface area contributed by atoms with E-state index in [-0.39, 0.29) is 11.6 Å². The molecule has 0 aromatic carbocycles. The zero-order valence-corrected chi connectivity index (χ0v) is 10.1. The molecule has 1 saturated heterocycles. The van der Waals surface area contributed by atoms with Crippen LogP contribution in [0.5, 0.6) is 0 Å². The molecule has 0 bridgehead atoms. The molecule has 2 nitrogen and oxygen atoms in total. The zero-order chi connectivity index (χ0) is 10.8. The van der Waals surface area contributed by atoms with Crippen LogP contribution < -0.4 is 0 Å². The van der Waals surface area contributed by atoms with Crippen molar-refractivity contribution in [1.82, 2.24) is 4.90 Å². The van der Waals surface area contributed by atoms with Gasteiger partial charge in [-0.1, -0.05) is 20.3 Å². The van der Waals surface area contributed by atoms with Gasteiger partial charge in [0.05, 0.1) is 6.10 Å². The smallest absolute Gasteiger partial charge is 0.0741 e. The van der Waals surface area contributed by atoms with Crippen LogP contribution >= 0.6 is 0 Å². The monoisotopic (exact) mass is 199 g/mol. The molecule has 0 saturated carbocycles. The lowest BCUT2D eigenvalue weighted by molar-refractivity contribution is -0.0418. The molecule has 1 fully saturated rings. The van der Waals surface area contributed by atoms with Gasteiger partial charge in [-0.15, -0.1) is 0 Å². The Morgan fingerprint density at radius 1 is 1.07 bits per heavy atom. The Hall–Kier alpha value is -0.0800. The molecule has 14 heavy (non-hydrogen) atoms. The van der Waals surface area contributed by atoms with Gasteiger partial charge in [-0.2, -0.15) is 0 Å². The summed E-state index contributed by atoms with van der Waals surface area (Å²) >= 11 is 0. The first kappa shape index (κ1) is 12.0. The second-order valence-corrected chi connectivity index (χ2v) is 5.39. The van der Waals surface area contributed by atoms with Crippen molar-refractivity contribution >= 4 is 0 Å². The molecule has 1 rings (SSSR count). The van der Waals surface area contributed by atoms with Crippen LogP contribution in [0.2, 0.25) is 0 Å². The zero-order valence-electron chi connectivity index (χ0n) is 10.1. The minimum atomic E-state index is -0.222. The van der Waals surface area contributed by atoms with Crippen molar-refractivity contribution in [1.29, 1.82) is 0 Å². The van der Waals surface area contributed by atoms with Crippen LogP contribution in [0.4, 0.5) is 0 Å². The van der Waals surface area contributed by atoms with E-state index in [2.05, 4.69) is 32.6 Å². The van der Waals surface area contributed by atoms with Gasteiger partial charge >= 0.3 is 0 Å². The molecule has 0 aromatic rings. The van der Waals surface area contributed by atoms with Crippen LogP contribution in [0.3, 0.4) is 0 Å². The third kappa shape index (κ3) is 2.48. The maximum Gasteiger partial charge on any atom is 0.0741 e. The first-order chi connectivity index (χ1) is 6.46. The third-order valence-corrected chi connectivity index (χ3v) is 3.53. The van der Waals surface area contributed by atoms with Crippen LogP contribution in [-0.4, -0.2) is 34.7 Å². The molecule has 0 spiro atoms. The highest BCUT2D eigenvalue weighted by Crippen LogP contribution is 2.27. The van der Waals surface area contributed by atoms with Crippen molar-refractivity contribution in [3.63, 3.8) is 0 Å². The maximum atomic E-state index is 10.2. The van der Waals surface area contributed by atoms with Gasteiger partial charge in [0.1, 0.15) is 0 Å². The number of aliphatic hydroxyl groups excluding tert-OH is 1. The number of rotatable bonds is 3. The Morgan fingerprint density at radius 2 is 1.57 bits per heavy atom. The molecule has 0 aliphatic carbocycles. The molecule has 1 aliphatic rings. The summed E-state index contributed by atoms with van der Waals surface area (Å²) in [5.41, 5.74) is -0.0609. The molecule has 0 radical (unpaired) electrons. The lowest BCUT2D eigenvalue weighted by atomic mass is 9.86. The Labute approximate surface area is 88.3 Å². The first-order valence-electron chi connectivity index (χ1n) is 5.89. The molecular formula is C12H25NO. The van der Waals surface area contributed by atoms with Gasteiger partial charge in [-0.3, -0.25) is 4.90 Å². The van der Waals surface area contributed by atoms with E-state index in [0.717, 1.165) is 13.1 Å². The van der Waals surface area contributed by atoms with Crippen LogP contribution in [-0.2, 0) is 0 Å². The van der Waals surface area contributed by atoms with Crippen LogP contribution in [0, 0.1) is 5.92 Å². The predicted molar refractivity (Wildman–Crippen MR) is 60.3 cm³/mol. The fourth-order valence-corrected chi connectivity index (χ4v) is 2.47. The average Bonchev–Trinajstić information content (AvgIpc) is 2.18. The van der Waals surface area contributed by atoms with Crippen molar-refractivity contribution in [2.75, 3.05) is 13.1 Å². The summed E-state index contributed by atoms with van der Waals surface area (Å²) < 4.78 is 0. The van der Waals surface area contributed by atoms with Gasteiger partial charge in [-0.05, 0) is 45.7 Å². The highest BCUT2D eigenvalue weighted by atomic mass is 16.3. The van der Waals surface area contributed by atoms with Gasteiger partial charge in [0.25, 0.3) is 0 Å². The predicted octanol–water partition coefficient (Wildman–Crippen LogP) is 2.27. The Bertz CT molecular complexity index is 171. The summed E-state index contributed by atoms with van der Waals surface area (Å²) in [6, 6.07) is 0. The topological polar surface area (TPSA) is 23.5 Å². The van der Waals surface area contributed by atoms with E-state index in [9.17, 15) is 5.11 Å². The largest absolute Gasteiger partial charge is 0.391 e. The van der Waals surface area contributed by atoms with Crippen molar-refractivity contribution in [2.24, 2.45) is 5.92 Å². The SMILES string of the molecule is CC(C)C(O)C(C)(C)N1CCCCC1. The number of piperidine rings is 1. The summed E-state index contributed by atoms with van der Waals surface area (Å²) in [5, 5.41) is 10.2. The standard InChI is InChI=1S/C12H25NO/c1-10(2)11(14)12(3,4)13-8-6-5-7-9-13/h10-11,14H,5-9H2,1-4H3. The molecule has 1 heterocycles. The molecule has 1 aliphatic heterocycles. The quantitative estimate of drug-likeness (QED) is 0.753. The normalized spacial score (nSPS) is 22.7. The first-order valence-corrected chi connectivity index (χ1v) is 5.89. The van der Waals surface area contributed by atoms with Gasteiger partial charge in [0.15, 0.2) is 0 Å². The number of hydrogen-bond acceptors (Lipinski definition) is 2. The van der Waals surface area contributed by atoms with Crippen LogP contribution in [0.1, 0.15) is 47.0 Å². The molecule has 0 aromatic heterocycles. The highest BCUT2D eigenvalue weighted by molar-refractivity contribution is 4.91. The molecule has 1 atom stereocenters. The fourth-order valence-electron chi connectivity index (χ4n) is 2.47. The van der Waals surface area contributed by atoms with Crippen LogP contribution in [0.25, 0.3) is 0 Å². The molecule has 1 unspecified atom stereocenters. The van der Waals surface area contributed by atoms with E-state index in [1.807, 2.05) is 0 Å². The Kier molecular flexibility index (Phi) is 3.96. The summed E-state index contributed by atoms with van der Waals surface area (Å²) in [6.07, 6.45) is 3.70.